The molecule has 0 aromatic carbocycles. The number of hydrogen-bond donors (Lipinski definition) is 3. The Morgan fingerprint density at radius 3 is 2.64 bits per heavy atom. The average molecular weight is 381 g/mol. The van der Waals surface area contributed by atoms with Gasteiger partial charge in [0.2, 0.25) is 5.88 Å². The molecule has 2 amide bonds. The van der Waals surface area contributed by atoms with E-state index in [-0.39, 0.29) is 19.2 Å². The van der Waals surface area contributed by atoms with Crippen molar-refractivity contribution in [1.29, 1.82) is 0 Å². The lowest BCUT2D eigenvalue weighted by Gasteiger charge is -2.13. The van der Waals surface area contributed by atoms with Crippen LogP contribution in [0.5, 0.6) is 17.4 Å². The molecular formula is C19H19N5O4. The van der Waals surface area contributed by atoms with Gasteiger partial charge in [0.1, 0.15) is 23.9 Å². The molecule has 3 N–H and O–H groups in total. The molecule has 0 radical (unpaired) electrons. The molecule has 3 rings (SSSR count). The van der Waals surface area contributed by atoms with Crippen LogP contribution in [-0.2, 0) is 0 Å². The molecule has 9 heteroatoms. The minimum Gasteiger partial charge on any atom is -0.475 e. The van der Waals surface area contributed by atoms with E-state index in [1.165, 1.54) is 7.05 Å². The number of anilines is 1. The number of aliphatic hydroxyl groups excluding tert-OH is 1. The number of urea groups is 1. The summed E-state index contributed by atoms with van der Waals surface area (Å²) in [5.74, 6) is 1.81. The van der Waals surface area contributed by atoms with Gasteiger partial charge in [0.15, 0.2) is 0 Å². The summed E-state index contributed by atoms with van der Waals surface area (Å²) in [5.41, 5.74) is 1.43. The summed E-state index contributed by atoms with van der Waals surface area (Å²) in [6, 6.07) is 8.18. The van der Waals surface area contributed by atoms with Gasteiger partial charge >= 0.3 is 6.03 Å². The standard InChI is InChI=1S/C19H19N5O4/c1-20-19(26)24-17-10-16(28-14-4-6-21-7-5-14)15(12-22-17)13-2-3-18(23-11-13)27-9-8-25/h2-7,10-12,25H,8-9H2,1H3,(H2,20,22,24,26). The van der Waals surface area contributed by atoms with E-state index in [0.717, 1.165) is 5.56 Å². The van der Waals surface area contributed by atoms with Crippen LogP contribution in [0, 0.1) is 0 Å². The van der Waals surface area contributed by atoms with Crippen LogP contribution in [0.4, 0.5) is 10.6 Å². The number of pyridine rings is 3. The first-order chi connectivity index (χ1) is 13.7. The molecule has 0 saturated heterocycles. The third-order valence-corrected chi connectivity index (χ3v) is 3.60. The maximum absolute atomic E-state index is 11.6. The zero-order chi connectivity index (χ0) is 19.8. The summed E-state index contributed by atoms with van der Waals surface area (Å²) >= 11 is 0. The normalized spacial score (nSPS) is 10.2. The van der Waals surface area contributed by atoms with Crippen molar-refractivity contribution in [3.63, 3.8) is 0 Å². The smallest absolute Gasteiger partial charge is 0.320 e. The second-order valence-corrected chi connectivity index (χ2v) is 5.51. The van der Waals surface area contributed by atoms with E-state index in [1.54, 1.807) is 49.1 Å². The van der Waals surface area contributed by atoms with Crippen molar-refractivity contribution in [2.24, 2.45) is 0 Å². The summed E-state index contributed by atoms with van der Waals surface area (Å²) < 4.78 is 11.2. The highest BCUT2D eigenvalue weighted by Crippen LogP contribution is 2.34. The third kappa shape index (κ3) is 4.92. The van der Waals surface area contributed by atoms with Gasteiger partial charge < -0.3 is 19.9 Å². The lowest BCUT2D eigenvalue weighted by Crippen LogP contribution is -2.24. The largest absolute Gasteiger partial charge is 0.475 e. The van der Waals surface area contributed by atoms with E-state index in [0.29, 0.717) is 28.8 Å². The zero-order valence-electron chi connectivity index (χ0n) is 15.1. The fourth-order valence-electron chi connectivity index (χ4n) is 2.29. The Hall–Kier alpha value is -3.72. The topological polar surface area (TPSA) is 118 Å². The van der Waals surface area contributed by atoms with Crippen molar-refractivity contribution in [2.45, 2.75) is 0 Å². The predicted octanol–water partition coefficient (Wildman–Crippen LogP) is 2.45. The van der Waals surface area contributed by atoms with Gasteiger partial charge in [-0.1, -0.05) is 0 Å². The van der Waals surface area contributed by atoms with Gasteiger partial charge in [-0.15, -0.1) is 0 Å². The summed E-state index contributed by atoms with van der Waals surface area (Å²) in [7, 11) is 1.52. The van der Waals surface area contributed by atoms with E-state index in [2.05, 4.69) is 25.6 Å². The predicted molar refractivity (Wildman–Crippen MR) is 102 cm³/mol. The van der Waals surface area contributed by atoms with Crippen molar-refractivity contribution in [1.82, 2.24) is 20.3 Å². The molecule has 0 saturated carbocycles. The van der Waals surface area contributed by atoms with E-state index in [1.807, 2.05) is 6.07 Å². The minimum atomic E-state index is -0.387. The minimum absolute atomic E-state index is 0.0862. The van der Waals surface area contributed by atoms with Gasteiger partial charge in [-0.25, -0.2) is 14.8 Å². The quantitative estimate of drug-likeness (QED) is 0.575. The number of aliphatic hydroxyl groups is 1. The van der Waals surface area contributed by atoms with Crippen LogP contribution in [0.1, 0.15) is 0 Å². The van der Waals surface area contributed by atoms with Gasteiger partial charge in [-0.3, -0.25) is 10.3 Å². The molecule has 3 aromatic heterocycles. The number of carbonyl (C=O) groups excluding carboxylic acids is 1. The van der Waals surface area contributed by atoms with E-state index >= 15 is 0 Å². The molecule has 0 spiro atoms. The number of aromatic nitrogens is 3. The Balaban J connectivity index is 1.93. The van der Waals surface area contributed by atoms with Crippen LogP contribution in [-0.4, -0.2) is 46.4 Å². The van der Waals surface area contributed by atoms with Crippen LogP contribution in [0.15, 0.2) is 55.1 Å². The first-order valence-electron chi connectivity index (χ1n) is 8.46. The summed E-state index contributed by atoms with van der Waals surface area (Å²) in [6.45, 7) is 0.0846. The molecule has 3 aromatic rings. The molecule has 0 fully saturated rings. The fourth-order valence-corrected chi connectivity index (χ4v) is 2.29. The molecule has 144 valence electrons. The number of ether oxygens (including phenoxy) is 2. The Morgan fingerprint density at radius 1 is 1.14 bits per heavy atom. The summed E-state index contributed by atoms with van der Waals surface area (Å²) in [5, 5.41) is 13.9. The second-order valence-electron chi connectivity index (χ2n) is 5.51. The molecule has 0 aliphatic carbocycles. The van der Waals surface area contributed by atoms with Crippen LogP contribution in [0.2, 0.25) is 0 Å². The maximum atomic E-state index is 11.6. The van der Waals surface area contributed by atoms with Crippen LogP contribution < -0.4 is 20.1 Å². The van der Waals surface area contributed by atoms with Crippen molar-refractivity contribution < 1.29 is 19.4 Å². The highest BCUT2D eigenvalue weighted by molar-refractivity contribution is 5.88. The summed E-state index contributed by atoms with van der Waals surface area (Å²) in [4.78, 5) is 24.0. The van der Waals surface area contributed by atoms with Gasteiger partial charge in [0.05, 0.1) is 6.61 Å². The Kier molecular flexibility index (Phi) is 6.32. The molecular weight excluding hydrogens is 362 g/mol. The Morgan fingerprint density at radius 2 is 1.96 bits per heavy atom. The monoisotopic (exact) mass is 381 g/mol. The first kappa shape index (κ1) is 19.1. The first-order valence-corrected chi connectivity index (χ1v) is 8.46. The SMILES string of the molecule is CNC(=O)Nc1cc(Oc2ccncc2)c(-c2ccc(OCCO)nc2)cn1. The molecule has 0 bridgehead atoms. The van der Waals surface area contributed by atoms with Crippen molar-refractivity contribution in [2.75, 3.05) is 25.6 Å². The number of hydrogen-bond acceptors (Lipinski definition) is 7. The Bertz CT molecular complexity index is 919. The van der Waals surface area contributed by atoms with Crippen LogP contribution in [0.25, 0.3) is 11.1 Å². The molecule has 0 aliphatic heterocycles. The van der Waals surface area contributed by atoms with E-state index in [9.17, 15) is 4.79 Å². The number of rotatable bonds is 7. The number of nitrogens with one attached hydrogen (secondary N) is 2. The number of nitrogens with zero attached hydrogens (tertiary/aromatic N) is 3. The molecule has 9 nitrogen and oxygen atoms in total. The molecule has 0 atom stereocenters. The van der Waals surface area contributed by atoms with Crippen molar-refractivity contribution >= 4 is 11.8 Å². The van der Waals surface area contributed by atoms with E-state index in [4.69, 9.17) is 14.6 Å². The maximum Gasteiger partial charge on any atom is 0.320 e. The van der Waals surface area contributed by atoms with Gasteiger partial charge in [0.25, 0.3) is 0 Å². The highest BCUT2D eigenvalue weighted by Gasteiger charge is 2.12. The number of carbonyl (C=O) groups is 1. The van der Waals surface area contributed by atoms with Gasteiger partial charge in [0, 0.05) is 55.1 Å². The lowest BCUT2D eigenvalue weighted by molar-refractivity contribution is 0.196. The molecule has 28 heavy (non-hydrogen) atoms. The average Bonchev–Trinajstić information content (AvgIpc) is 2.73. The summed E-state index contributed by atoms with van der Waals surface area (Å²) in [6.07, 6.45) is 6.45. The highest BCUT2D eigenvalue weighted by atomic mass is 16.5. The van der Waals surface area contributed by atoms with Gasteiger partial charge in [-0.2, -0.15) is 0 Å². The molecule has 0 unspecified atom stereocenters. The third-order valence-electron chi connectivity index (χ3n) is 3.60. The van der Waals surface area contributed by atoms with Gasteiger partial charge in [-0.05, 0) is 18.2 Å². The van der Waals surface area contributed by atoms with Crippen LogP contribution >= 0.6 is 0 Å². The fraction of sp³-hybridized carbons (Fsp3) is 0.158. The Labute approximate surface area is 161 Å². The lowest BCUT2D eigenvalue weighted by atomic mass is 10.1. The van der Waals surface area contributed by atoms with Crippen molar-refractivity contribution in [3.05, 3.63) is 55.1 Å². The number of amides is 2. The van der Waals surface area contributed by atoms with Crippen molar-refractivity contribution in [3.8, 4) is 28.5 Å². The molecule has 0 aliphatic rings. The zero-order valence-corrected chi connectivity index (χ0v) is 15.1. The molecule has 3 heterocycles. The van der Waals surface area contributed by atoms with E-state index < -0.39 is 0 Å². The second kappa shape index (κ2) is 9.28. The van der Waals surface area contributed by atoms with Crippen LogP contribution in [0.3, 0.4) is 0 Å².